The van der Waals surface area contributed by atoms with Crippen molar-refractivity contribution in [2.24, 2.45) is 11.8 Å². The number of nitrogens with zero attached hydrogens (tertiary/aromatic N) is 1. The Morgan fingerprint density at radius 1 is 0.889 bits per heavy atom. The lowest BCUT2D eigenvalue weighted by Crippen LogP contribution is -2.46. The number of rotatable bonds is 4. The van der Waals surface area contributed by atoms with Gasteiger partial charge in [-0.25, -0.2) is 0 Å². The average molecular weight is 251 g/mol. The van der Waals surface area contributed by atoms with Gasteiger partial charge in [-0.2, -0.15) is 0 Å². The topological polar surface area (TPSA) is 20.3 Å². The number of hydrogen-bond acceptors (Lipinski definition) is 2. The van der Waals surface area contributed by atoms with Gasteiger partial charge in [0.1, 0.15) is 0 Å². The van der Waals surface area contributed by atoms with Crippen LogP contribution in [0.4, 0.5) is 0 Å². The number of carbonyl (C=O) groups excluding carboxylic acids is 1. The summed E-state index contributed by atoms with van der Waals surface area (Å²) in [5.74, 6) is 1.56. The van der Waals surface area contributed by atoms with Gasteiger partial charge in [-0.05, 0) is 45.7 Å². The summed E-state index contributed by atoms with van der Waals surface area (Å²) in [4.78, 5) is 15.0. The number of hydrogen-bond donors (Lipinski definition) is 0. The van der Waals surface area contributed by atoms with Crippen molar-refractivity contribution in [1.82, 2.24) is 4.90 Å². The predicted octanol–water partition coefficient (Wildman–Crippen LogP) is 3.65. The first-order chi connectivity index (χ1) is 8.70. The van der Waals surface area contributed by atoms with Gasteiger partial charge in [0, 0.05) is 5.92 Å². The summed E-state index contributed by atoms with van der Waals surface area (Å²) >= 11 is 0. The fraction of sp³-hybridized carbons (Fsp3) is 0.938. The zero-order valence-electron chi connectivity index (χ0n) is 12.2. The second kappa shape index (κ2) is 6.70. The molecule has 2 saturated carbocycles. The maximum atomic E-state index is 12.8. The minimum Gasteiger partial charge on any atom is -0.300 e. The number of Topliss-reactive ketones (excluding diaryl/α,β-unsaturated/α-hetero) is 1. The second-order valence-electron chi connectivity index (χ2n) is 6.54. The van der Waals surface area contributed by atoms with Crippen LogP contribution in [-0.4, -0.2) is 30.8 Å². The van der Waals surface area contributed by atoms with Gasteiger partial charge in [-0.1, -0.05) is 38.5 Å². The Morgan fingerprint density at radius 2 is 1.39 bits per heavy atom. The van der Waals surface area contributed by atoms with Crippen molar-refractivity contribution < 1.29 is 4.79 Å². The van der Waals surface area contributed by atoms with Crippen LogP contribution >= 0.6 is 0 Å². The van der Waals surface area contributed by atoms with Crippen molar-refractivity contribution in [1.29, 1.82) is 0 Å². The Bertz CT molecular complexity index is 262. The molecule has 0 amide bonds. The first-order valence-electron chi connectivity index (χ1n) is 7.90. The third-order valence-corrected chi connectivity index (χ3v) is 4.95. The summed E-state index contributed by atoms with van der Waals surface area (Å²) < 4.78 is 0. The monoisotopic (exact) mass is 251 g/mol. The molecule has 2 rings (SSSR count). The molecule has 18 heavy (non-hydrogen) atoms. The van der Waals surface area contributed by atoms with E-state index in [0.29, 0.717) is 17.6 Å². The van der Waals surface area contributed by atoms with Gasteiger partial charge < -0.3 is 0 Å². The molecule has 2 fully saturated rings. The first kappa shape index (κ1) is 14.0. The van der Waals surface area contributed by atoms with Gasteiger partial charge in [-0.15, -0.1) is 0 Å². The number of carbonyl (C=O) groups is 1. The number of likely N-dealkylation sites (N-methyl/N-ethyl adjacent to an activating group) is 1. The lowest BCUT2D eigenvalue weighted by atomic mass is 9.76. The van der Waals surface area contributed by atoms with E-state index in [1.165, 1.54) is 51.4 Å². The van der Waals surface area contributed by atoms with E-state index in [1.807, 2.05) is 0 Å². The van der Waals surface area contributed by atoms with Crippen LogP contribution in [0.25, 0.3) is 0 Å². The Morgan fingerprint density at radius 3 is 1.89 bits per heavy atom. The molecule has 2 aliphatic carbocycles. The Hall–Kier alpha value is -0.370. The Labute approximate surface area is 112 Å². The molecule has 2 nitrogen and oxygen atoms in total. The van der Waals surface area contributed by atoms with Crippen LogP contribution in [-0.2, 0) is 4.79 Å². The van der Waals surface area contributed by atoms with Crippen LogP contribution in [0.15, 0.2) is 0 Å². The lowest BCUT2D eigenvalue weighted by Gasteiger charge is -2.36. The van der Waals surface area contributed by atoms with Crippen molar-refractivity contribution in [3.63, 3.8) is 0 Å². The van der Waals surface area contributed by atoms with Gasteiger partial charge in [0.05, 0.1) is 6.04 Å². The normalized spacial score (nSPS) is 25.3. The predicted molar refractivity (Wildman–Crippen MR) is 75.6 cm³/mol. The molecule has 0 bridgehead atoms. The summed E-state index contributed by atoms with van der Waals surface area (Å²) in [5, 5.41) is 0. The average Bonchev–Trinajstić information content (AvgIpc) is 2.40. The summed E-state index contributed by atoms with van der Waals surface area (Å²) in [7, 11) is 4.19. The van der Waals surface area contributed by atoms with E-state index in [1.54, 1.807) is 0 Å². The summed E-state index contributed by atoms with van der Waals surface area (Å²) in [5.41, 5.74) is 0. The lowest BCUT2D eigenvalue weighted by molar-refractivity contribution is -0.130. The first-order valence-corrected chi connectivity index (χ1v) is 7.90. The highest BCUT2D eigenvalue weighted by molar-refractivity contribution is 5.86. The van der Waals surface area contributed by atoms with Crippen LogP contribution in [0, 0.1) is 11.8 Å². The highest BCUT2D eigenvalue weighted by Gasteiger charge is 2.35. The van der Waals surface area contributed by atoms with Crippen LogP contribution < -0.4 is 0 Å². The molecule has 0 saturated heterocycles. The van der Waals surface area contributed by atoms with Crippen LogP contribution in [0.2, 0.25) is 0 Å². The van der Waals surface area contributed by atoms with Crippen molar-refractivity contribution in [2.75, 3.05) is 14.1 Å². The van der Waals surface area contributed by atoms with Crippen LogP contribution in [0.5, 0.6) is 0 Å². The van der Waals surface area contributed by atoms with Crippen molar-refractivity contribution in [3.8, 4) is 0 Å². The minimum atomic E-state index is 0.202. The van der Waals surface area contributed by atoms with E-state index in [-0.39, 0.29) is 6.04 Å². The Balaban J connectivity index is 2.01. The third kappa shape index (κ3) is 3.34. The molecule has 0 aliphatic heterocycles. The third-order valence-electron chi connectivity index (χ3n) is 4.95. The summed E-state index contributed by atoms with van der Waals surface area (Å²) in [6.07, 6.45) is 12.7. The smallest absolute Gasteiger partial charge is 0.153 e. The largest absolute Gasteiger partial charge is 0.300 e. The molecule has 0 aromatic carbocycles. The molecule has 0 aromatic rings. The maximum Gasteiger partial charge on any atom is 0.153 e. The van der Waals surface area contributed by atoms with Gasteiger partial charge in [-0.3, -0.25) is 9.69 Å². The summed E-state index contributed by atoms with van der Waals surface area (Å²) in [6.45, 7) is 0. The molecule has 1 atom stereocenters. The van der Waals surface area contributed by atoms with Crippen LogP contribution in [0.1, 0.15) is 64.2 Å². The van der Waals surface area contributed by atoms with E-state index >= 15 is 0 Å². The van der Waals surface area contributed by atoms with Crippen molar-refractivity contribution in [2.45, 2.75) is 70.3 Å². The van der Waals surface area contributed by atoms with Crippen molar-refractivity contribution in [3.05, 3.63) is 0 Å². The van der Waals surface area contributed by atoms with E-state index in [9.17, 15) is 4.79 Å². The Kier molecular flexibility index (Phi) is 5.23. The zero-order valence-corrected chi connectivity index (χ0v) is 12.2. The van der Waals surface area contributed by atoms with E-state index in [2.05, 4.69) is 19.0 Å². The highest BCUT2D eigenvalue weighted by atomic mass is 16.1. The van der Waals surface area contributed by atoms with Crippen molar-refractivity contribution >= 4 is 5.78 Å². The van der Waals surface area contributed by atoms with Gasteiger partial charge in [0.2, 0.25) is 0 Å². The molecular weight excluding hydrogens is 222 g/mol. The number of ketones is 1. The van der Waals surface area contributed by atoms with Crippen LogP contribution in [0.3, 0.4) is 0 Å². The molecule has 0 radical (unpaired) electrons. The van der Waals surface area contributed by atoms with Gasteiger partial charge in [0.25, 0.3) is 0 Å². The van der Waals surface area contributed by atoms with E-state index < -0.39 is 0 Å². The SMILES string of the molecule is CN(C)C(C(=O)C1CCCCC1)C1CCCCC1. The molecule has 0 heterocycles. The molecule has 2 heteroatoms. The molecule has 2 aliphatic rings. The van der Waals surface area contributed by atoms with E-state index in [4.69, 9.17) is 0 Å². The molecule has 1 unspecified atom stereocenters. The zero-order chi connectivity index (χ0) is 13.0. The molecule has 104 valence electrons. The quantitative estimate of drug-likeness (QED) is 0.760. The van der Waals surface area contributed by atoms with Gasteiger partial charge in [0.15, 0.2) is 5.78 Å². The van der Waals surface area contributed by atoms with Gasteiger partial charge >= 0.3 is 0 Å². The molecule has 0 aromatic heterocycles. The minimum absolute atomic E-state index is 0.202. The molecular formula is C16H29NO. The second-order valence-corrected chi connectivity index (χ2v) is 6.54. The fourth-order valence-electron chi connectivity index (χ4n) is 3.99. The van der Waals surface area contributed by atoms with E-state index in [0.717, 1.165) is 12.8 Å². The highest BCUT2D eigenvalue weighted by Crippen LogP contribution is 2.33. The molecule has 0 N–H and O–H groups in total. The standard InChI is InChI=1S/C16H29NO/c1-17(2)15(13-9-5-3-6-10-13)16(18)14-11-7-4-8-12-14/h13-15H,3-12H2,1-2H3. The maximum absolute atomic E-state index is 12.8. The molecule has 0 spiro atoms. The summed E-state index contributed by atoms with van der Waals surface area (Å²) in [6, 6.07) is 0.202. The fourth-order valence-corrected chi connectivity index (χ4v) is 3.99.